The molecule has 1 fully saturated rings. The van der Waals surface area contributed by atoms with Gasteiger partial charge in [0.05, 0.1) is 23.1 Å². The molecule has 32 heavy (non-hydrogen) atoms. The summed E-state index contributed by atoms with van der Waals surface area (Å²) in [6, 6.07) is 12.0. The van der Waals surface area contributed by atoms with Crippen molar-refractivity contribution in [3.8, 4) is 11.1 Å². The standard InChI is InChI=1S/C24H27N7O/c1-25-22-13-16(7-8-26-22)18-4-5-20(23-19(18)15-28-24(23)32)29-21-6-3-17(14-27-21)31-11-9-30(2)10-12-31/h3-8,13-14H,9-12,15H2,1-2H3,(H,25,26)(H,27,29)(H,28,32). The van der Waals surface area contributed by atoms with Gasteiger partial charge in [-0.05, 0) is 54.1 Å². The number of nitrogens with zero attached hydrogens (tertiary/aromatic N) is 4. The van der Waals surface area contributed by atoms with Gasteiger partial charge in [0.1, 0.15) is 11.6 Å². The number of fused-ring (bicyclic) bond motifs is 1. The fourth-order valence-electron chi connectivity index (χ4n) is 4.31. The molecule has 1 aromatic carbocycles. The van der Waals surface area contributed by atoms with Crippen LogP contribution in [0.2, 0.25) is 0 Å². The predicted molar refractivity (Wildman–Crippen MR) is 128 cm³/mol. The Kier molecular flexibility index (Phi) is 5.36. The van der Waals surface area contributed by atoms with Gasteiger partial charge in [-0.1, -0.05) is 6.07 Å². The van der Waals surface area contributed by atoms with Crippen molar-refractivity contribution >= 4 is 28.9 Å². The first kappa shape index (κ1) is 20.3. The molecule has 3 N–H and O–H groups in total. The quantitative estimate of drug-likeness (QED) is 0.575. The molecule has 8 nitrogen and oxygen atoms in total. The molecule has 0 bridgehead atoms. The van der Waals surface area contributed by atoms with Crippen LogP contribution in [0.3, 0.4) is 0 Å². The van der Waals surface area contributed by atoms with Gasteiger partial charge in [0.15, 0.2) is 0 Å². The highest BCUT2D eigenvalue weighted by Gasteiger charge is 2.26. The van der Waals surface area contributed by atoms with Crippen molar-refractivity contribution in [2.24, 2.45) is 0 Å². The minimum Gasteiger partial charge on any atom is -0.373 e. The number of pyridine rings is 2. The second kappa shape index (κ2) is 8.47. The topological polar surface area (TPSA) is 85.4 Å². The van der Waals surface area contributed by atoms with Crippen LogP contribution < -0.4 is 20.9 Å². The third kappa shape index (κ3) is 3.85. The average Bonchev–Trinajstić information content (AvgIpc) is 3.22. The lowest BCUT2D eigenvalue weighted by atomic mass is 9.96. The molecule has 5 rings (SSSR count). The van der Waals surface area contributed by atoms with E-state index in [1.807, 2.05) is 37.5 Å². The van der Waals surface area contributed by atoms with E-state index in [4.69, 9.17) is 0 Å². The number of rotatable bonds is 5. The molecule has 2 aliphatic rings. The van der Waals surface area contributed by atoms with Crippen LogP contribution in [-0.2, 0) is 6.54 Å². The molecule has 1 amide bonds. The van der Waals surface area contributed by atoms with E-state index in [2.05, 4.69) is 54.9 Å². The van der Waals surface area contributed by atoms with Crippen LogP contribution in [0.5, 0.6) is 0 Å². The number of likely N-dealkylation sites (N-methyl/N-ethyl adjacent to an activating group) is 1. The Morgan fingerprint density at radius 2 is 1.84 bits per heavy atom. The van der Waals surface area contributed by atoms with Crippen molar-refractivity contribution in [3.63, 3.8) is 0 Å². The molecule has 0 unspecified atom stereocenters. The normalized spacial score (nSPS) is 15.9. The predicted octanol–water partition coefficient (Wildman–Crippen LogP) is 2.92. The van der Waals surface area contributed by atoms with Gasteiger partial charge in [0.25, 0.3) is 5.91 Å². The number of carbonyl (C=O) groups excluding carboxylic acids is 1. The summed E-state index contributed by atoms with van der Waals surface area (Å²) >= 11 is 0. The molecule has 2 aliphatic heterocycles. The van der Waals surface area contributed by atoms with E-state index in [0.29, 0.717) is 12.1 Å². The Hall–Kier alpha value is -3.65. The summed E-state index contributed by atoms with van der Waals surface area (Å²) in [4.78, 5) is 26.2. The number of carbonyl (C=O) groups is 1. The highest BCUT2D eigenvalue weighted by atomic mass is 16.1. The van der Waals surface area contributed by atoms with Crippen molar-refractivity contribution in [2.45, 2.75) is 6.54 Å². The molecule has 1 saturated heterocycles. The molecule has 0 radical (unpaired) electrons. The monoisotopic (exact) mass is 429 g/mol. The number of benzene rings is 1. The maximum atomic E-state index is 12.7. The maximum Gasteiger partial charge on any atom is 0.254 e. The molecule has 0 aliphatic carbocycles. The van der Waals surface area contributed by atoms with E-state index < -0.39 is 0 Å². The molecule has 164 valence electrons. The number of anilines is 4. The summed E-state index contributed by atoms with van der Waals surface area (Å²) in [5.41, 5.74) is 5.61. The van der Waals surface area contributed by atoms with E-state index in [1.165, 1.54) is 0 Å². The molecule has 0 spiro atoms. The van der Waals surface area contributed by atoms with Gasteiger partial charge in [-0.15, -0.1) is 0 Å². The Balaban J connectivity index is 1.41. The summed E-state index contributed by atoms with van der Waals surface area (Å²) in [6.07, 6.45) is 3.67. The number of hydrogen-bond donors (Lipinski definition) is 3. The molecule has 2 aromatic heterocycles. The number of piperazine rings is 1. The Labute approximate surface area is 187 Å². The number of amides is 1. The second-order valence-corrected chi connectivity index (χ2v) is 8.19. The second-order valence-electron chi connectivity index (χ2n) is 8.19. The number of aromatic nitrogens is 2. The van der Waals surface area contributed by atoms with Crippen LogP contribution in [-0.4, -0.2) is 61.0 Å². The van der Waals surface area contributed by atoms with Crippen LogP contribution in [0.4, 0.5) is 23.0 Å². The van der Waals surface area contributed by atoms with Gasteiger partial charge >= 0.3 is 0 Å². The summed E-state index contributed by atoms with van der Waals surface area (Å²) in [7, 11) is 3.99. The largest absolute Gasteiger partial charge is 0.373 e. The van der Waals surface area contributed by atoms with Crippen molar-refractivity contribution in [3.05, 3.63) is 59.9 Å². The maximum absolute atomic E-state index is 12.7. The lowest BCUT2D eigenvalue weighted by molar-refractivity contribution is 0.0966. The van der Waals surface area contributed by atoms with Crippen LogP contribution >= 0.6 is 0 Å². The highest BCUT2D eigenvalue weighted by Crippen LogP contribution is 2.35. The zero-order valence-corrected chi connectivity index (χ0v) is 18.4. The van der Waals surface area contributed by atoms with E-state index in [-0.39, 0.29) is 5.91 Å². The third-order valence-electron chi connectivity index (χ3n) is 6.17. The smallest absolute Gasteiger partial charge is 0.254 e. The first-order valence-electron chi connectivity index (χ1n) is 10.9. The van der Waals surface area contributed by atoms with E-state index in [9.17, 15) is 4.79 Å². The van der Waals surface area contributed by atoms with Gasteiger partial charge in [-0.25, -0.2) is 9.97 Å². The SMILES string of the molecule is CNc1cc(-c2ccc(Nc3ccc(N4CCN(C)CC4)cn3)c3c2CNC3=O)ccn1. The number of nitrogens with one attached hydrogen (secondary N) is 3. The lowest BCUT2D eigenvalue weighted by Crippen LogP contribution is -2.44. The fraction of sp³-hybridized carbons (Fsp3) is 0.292. The highest BCUT2D eigenvalue weighted by molar-refractivity contribution is 6.06. The summed E-state index contributed by atoms with van der Waals surface area (Å²) in [5, 5.41) is 9.38. The van der Waals surface area contributed by atoms with Crippen LogP contribution in [0, 0.1) is 0 Å². The van der Waals surface area contributed by atoms with Crippen LogP contribution in [0.15, 0.2) is 48.8 Å². The lowest BCUT2D eigenvalue weighted by Gasteiger charge is -2.33. The summed E-state index contributed by atoms with van der Waals surface area (Å²) < 4.78 is 0. The van der Waals surface area contributed by atoms with Gasteiger partial charge < -0.3 is 25.8 Å². The number of hydrogen-bond acceptors (Lipinski definition) is 7. The van der Waals surface area contributed by atoms with Gasteiger partial charge in [-0.2, -0.15) is 0 Å². The molecule has 0 saturated carbocycles. The van der Waals surface area contributed by atoms with E-state index in [1.54, 1.807) is 6.20 Å². The minimum absolute atomic E-state index is 0.0682. The van der Waals surface area contributed by atoms with Crippen molar-refractivity contribution < 1.29 is 4.79 Å². The molecular formula is C24H27N7O. The Morgan fingerprint density at radius 3 is 2.59 bits per heavy atom. The van der Waals surface area contributed by atoms with E-state index >= 15 is 0 Å². The fourth-order valence-corrected chi connectivity index (χ4v) is 4.31. The van der Waals surface area contributed by atoms with Crippen molar-refractivity contribution in [2.75, 3.05) is 55.8 Å². The third-order valence-corrected chi connectivity index (χ3v) is 6.17. The molecule has 0 atom stereocenters. The zero-order chi connectivity index (χ0) is 22.1. The first-order chi connectivity index (χ1) is 15.6. The average molecular weight is 430 g/mol. The van der Waals surface area contributed by atoms with Crippen molar-refractivity contribution in [1.82, 2.24) is 20.2 Å². The molecule has 3 aromatic rings. The Bertz CT molecular complexity index is 1140. The van der Waals surface area contributed by atoms with E-state index in [0.717, 1.165) is 65.9 Å². The van der Waals surface area contributed by atoms with Gasteiger partial charge in [0.2, 0.25) is 0 Å². The summed E-state index contributed by atoms with van der Waals surface area (Å²) in [6.45, 7) is 4.63. The molecule has 8 heteroatoms. The van der Waals surface area contributed by atoms with Crippen LogP contribution in [0.1, 0.15) is 15.9 Å². The first-order valence-corrected chi connectivity index (χ1v) is 10.9. The summed E-state index contributed by atoms with van der Waals surface area (Å²) in [5.74, 6) is 1.44. The van der Waals surface area contributed by atoms with Gasteiger partial charge in [0, 0.05) is 46.0 Å². The molecular weight excluding hydrogens is 402 g/mol. The molecule has 4 heterocycles. The minimum atomic E-state index is -0.0682. The van der Waals surface area contributed by atoms with Crippen molar-refractivity contribution in [1.29, 1.82) is 0 Å². The van der Waals surface area contributed by atoms with Crippen LogP contribution in [0.25, 0.3) is 11.1 Å². The van der Waals surface area contributed by atoms with Gasteiger partial charge in [-0.3, -0.25) is 4.79 Å². The zero-order valence-electron chi connectivity index (χ0n) is 18.4. The Morgan fingerprint density at radius 1 is 1.00 bits per heavy atom.